The van der Waals surface area contributed by atoms with Crippen molar-refractivity contribution in [2.45, 2.75) is 17.4 Å². The fourth-order valence-electron chi connectivity index (χ4n) is 3.20. The molecule has 3 rings (SSSR count). The molecule has 3 aromatic carbocycles. The third-order valence-corrected chi connectivity index (χ3v) is 6.36. The molecular weight excluding hydrogens is 462 g/mol. The van der Waals surface area contributed by atoms with Crippen LogP contribution in [0.1, 0.15) is 5.56 Å². The minimum Gasteiger partial charge on any atom is -0.493 e. The average Bonchev–Trinajstić information content (AvgIpc) is 2.83. The molecule has 0 saturated heterocycles. The molecular formula is C23H23N3O7S. The summed E-state index contributed by atoms with van der Waals surface area (Å²) >= 11 is 0. The zero-order chi connectivity index (χ0) is 24.7. The highest BCUT2D eigenvalue weighted by atomic mass is 32.2. The van der Waals surface area contributed by atoms with E-state index in [1.807, 2.05) is 0 Å². The van der Waals surface area contributed by atoms with Gasteiger partial charge in [0.15, 0.2) is 11.5 Å². The summed E-state index contributed by atoms with van der Waals surface area (Å²) < 4.78 is 39.0. The number of hydrogen-bond donors (Lipinski definition) is 2. The number of anilines is 1. The molecule has 10 nitrogen and oxygen atoms in total. The molecule has 1 atom stereocenters. The molecule has 0 fully saturated rings. The molecule has 11 heteroatoms. The second-order valence-corrected chi connectivity index (χ2v) is 8.89. The number of benzene rings is 3. The number of carbonyl (C=O) groups excluding carboxylic acids is 1. The first-order valence-corrected chi connectivity index (χ1v) is 11.6. The SMILES string of the molecule is COc1ccc(S(=O)(=O)NC(Cc2ccccc2)C(=O)Nc2cccc([N+](=O)[O-])c2)cc1OC. The van der Waals surface area contributed by atoms with Gasteiger partial charge < -0.3 is 14.8 Å². The minimum absolute atomic E-state index is 0.0497. The van der Waals surface area contributed by atoms with Crippen molar-refractivity contribution >= 4 is 27.3 Å². The number of rotatable bonds is 10. The standard InChI is InChI=1S/C23H23N3O7S/c1-32-21-12-11-19(15-22(21)33-2)34(30,31)25-20(13-16-7-4-3-5-8-16)23(27)24-17-9-6-10-18(14-17)26(28)29/h3-12,14-15,20,25H,13H2,1-2H3,(H,24,27). The number of nitro benzene ring substituents is 1. The van der Waals surface area contributed by atoms with Gasteiger partial charge in [-0.3, -0.25) is 14.9 Å². The van der Waals surface area contributed by atoms with Crippen LogP contribution in [-0.4, -0.2) is 39.5 Å². The van der Waals surface area contributed by atoms with Crippen LogP contribution in [0.4, 0.5) is 11.4 Å². The van der Waals surface area contributed by atoms with E-state index in [1.54, 1.807) is 30.3 Å². The van der Waals surface area contributed by atoms with Gasteiger partial charge in [-0.25, -0.2) is 8.42 Å². The van der Waals surface area contributed by atoms with Crippen LogP contribution in [0.15, 0.2) is 77.7 Å². The molecule has 0 aromatic heterocycles. The Bertz CT molecular complexity index is 1280. The molecule has 0 aliphatic rings. The van der Waals surface area contributed by atoms with Crippen LogP contribution in [0, 0.1) is 10.1 Å². The first-order chi connectivity index (χ1) is 16.2. The van der Waals surface area contributed by atoms with E-state index in [4.69, 9.17) is 9.47 Å². The van der Waals surface area contributed by atoms with Crippen LogP contribution in [0.2, 0.25) is 0 Å². The Labute approximate surface area is 196 Å². The topological polar surface area (TPSA) is 137 Å². The zero-order valence-corrected chi connectivity index (χ0v) is 19.2. The Morgan fingerprint density at radius 3 is 2.32 bits per heavy atom. The number of amides is 1. The highest BCUT2D eigenvalue weighted by Crippen LogP contribution is 2.29. The molecule has 0 radical (unpaired) electrons. The molecule has 0 saturated carbocycles. The number of sulfonamides is 1. The number of nitrogens with zero attached hydrogens (tertiary/aromatic N) is 1. The van der Waals surface area contributed by atoms with E-state index >= 15 is 0 Å². The quantitative estimate of drug-likeness (QED) is 0.332. The van der Waals surface area contributed by atoms with Crippen molar-refractivity contribution < 1.29 is 27.6 Å². The molecule has 34 heavy (non-hydrogen) atoms. The number of methoxy groups -OCH3 is 2. The number of nitrogens with one attached hydrogen (secondary N) is 2. The lowest BCUT2D eigenvalue weighted by Gasteiger charge is -2.19. The molecule has 2 N–H and O–H groups in total. The Morgan fingerprint density at radius 2 is 1.68 bits per heavy atom. The maximum Gasteiger partial charge on any atom is 0.271 e. The molecule has 1 amide bonds. The summed E-state index contributed by atoms with van der Waals surface area (Å²) in [5, 5.41) is 13.6. The van der Waals surface area contributed by atoms with Gasteiger partial charge in [-0.2, -0.15) is 4.72 Å². The molecule has 0 aliphatic heterocycles. The number of non-ortho nitro benzene ring substituents is 1. The van der Waals surface area contributed by atoms with Crippen molar-refractivity contribution in [3.8, 4) is 11.5 Å². The zero-order valence-electron chi connectivity index (χ0n) is 18.4. The number of hydrogen-bond acceptors (Lipinski definition) is 7. The molecule has 1 unspecified atom stereocenters. The summed E-state index contributed by atoms with van der Waals surface area (Å²) in [5.74, 6) is -0.106. The fraction of sp³-hybridized carbons (Fsp3) is 0.174. The second kappa shape index (κ2) is 10.8. The first kappa shape index (κ1) is 24.7. The van der Waals surface area contributed by atoms with Gasteiger partial charge in [-0.1, -0.05) is 36.4 Å². The summed E-state index contributed by atoms with van der Waals surface area (Å²) in [6, 6.07) is 17.1. The largest absolute Gasteiger partial charge is 0.493 e. The van der Waals surface area contributed by atoms with Crippen LogP contribution in [-0.2, 0) is 21.2 Å². The van der Waals surface area contributed by atoms with E-state index in [0.29, 0.717) is 5.75 Å². The van der Waals surface area contributed by atoms with Crippen molar-refractivity contribution in [2.24, 2.45) is 0 Å². The Balaban J connectivity index is 1.90. The van der Waals surface area contributed by atoms with E-state index < -0.39 is 26.9 Å². The van der Waals surface area contributed by atoms with E-state index in [0.717, 1.165) is 5.56 Å². The van der Waals surface area contributed by atoms with Crippen molar-refractivity contribution in [1.29, 1.82) is 0 Å². The molecule has 0 aliphatic carbocycles. The van der Waals surface area contributed by atoms with E-state index in [-0.39, 0.29) is 28.4 Å². The van der Waals surface area contributed by atoms with Crippen LogP contribution in [0.25, 0.3) is 0 Å². The monoisotopic (exact) mass is 485 g/mol. The lowest BCUT2D eigenvalue weighted by molar-refractivity contribution is -0.384. The van der Waals surface area contributed by atoms with E-state index in [9.17, 15) is 23.3 Å². The van der Waals surface area contributed by atoms with Gasteiger partial charge in [-0.05, 0) is 30.2 Å². The van der Waals surface area contributed by atoms with Crippen molar-refractivity contribution in [3.63, 3.8) is 0 Å². The Morgan fingerprint density at radius 1 is 0.971 bits per heavy atom. The fourth-order valence-corrected chi connectivity index (χ4v) is 4.41. The lowest BCUT2D eigenvalue weighted by atomic mass is 10.1. The van der Waals surface area contributed by atoms with Gasteiger partial charge in [0.25, 0.3) is 5.69 Å². The van der Waals surface area contributed by atoms with Crippen molar-refractivity contribution in [2.75, 3.05) is 19.5 Å². The summed E-state index contributed by atoms with van der Waals surface area (Å²) in [7, 11) is -1.34. The summed E-state index contributed by atoms with van der Waals surface area (Å²) in [4.78, 5) is 23.4. The highest BCUT2D eigenvalue weighted by molar-refractivity contribution is 7.89. The maximum absolute atomic E-state index is 13.1. The van der Waals surface area contributed by atoms with E-state index in [2.05, 4.69) is 10.0 Å². The number of carbonyl (C=O) groups is 1. The third-order valence-electron chi connectivity index (χ3n) is 4.89. The summed E-state index contributed by atoms with van der Waals surface area (Å²) in [6.45, 7) is 0. The van der Waals surface area contributed by atoms with Gasteiger partial charge >= 0.3 is 0 Å². The summed E-state index contributed by atoms with van der Waals surface area (Å²) in [6.07, 6.45) is 0.0497. The van der Waals surface area contributed by atoms with Gasteiger partial charge in [0, 0.05) is 23.9 Å². The van der Waals surface area contributed by atoms with Gasteiger partial charge in [0.05, 0.1) is 24.0 Å². The second-order valence-electron chi connectivity index (χ2n) is 7.18. The van der Waals surface area contributed by atoms with Crippen LogP contribution in [0.5, 0.6) is 11.5 Å². The predicted octanol–water partition coefficient (Wildman–Crippen LogP) is 3.14. The highest BCUT2D eigenvalue weighted by Gasteiger charge is 2.27. The van der Waals surface area contributed by atoms with Crippen LogP contribution < -0.4 is 19.5 Å². The van der Waals surface area contributed by atoms with Crippen LogP contribution in [0.3, 0.4) is 0 Å². The molecule has 0 bridgehead atoms. The first-order valence-electron chi connectivity index (χ1n) is 10.1. The molecule has 178 valence electrons. The Hall–Kier alpha value is -3.96. The van der Waals surface area contributed by atoms with Gasteiger partial charge in [-0.15, -0.1) is 0 Å². The normalized spacial score (nSPS) is 11.9. The maximum atomic E-state index is 13.1. The molecule has 0 spiro atoms. The molecule has 3 aromatic rings. The van der Waals surface area contributed by atoms with Crippen LogP contribution >= 0.6 is 0 Å². The minimum atomic E-state index is -4.15. The number of nitro groups is 1. The van der Waals surface area contributed by atoms with Gasteiger partial charge in [0.1, 0.15) is 6.04 Å². The van der Waals surface area contributed by atoms with Crippen molar-refractivity contribution in [3.05, 3.63) is 88.5 Å². The smallest absolute Gasteiger partial charge is 0.271 e. The summed E-state index contributed by atoms with van der Waals surface area (Å²) in [5.41, 5.74) is 0.683. The van der Waals surface area contributed by atoms with E-state index in [1.165, 1.54) is 56.7 Å². The Kier molecular flexibility index (Phi) is 7.82. The molecule has 0 heterocycles. The number of ether oxygens (including phenoxy) is 2. The average molecular weight is 486 g/mol. The predicted molar refractivity (Wildman–Crippen MR) is 126 cm³/mol. The lowest BCUT2D eigenvalue weighted by Crippen LogP contribution is -2.45. The third kappa shape index (κ3) is 6.09. The van der Waals surface area contributed by atoms with Crippen molar-refractivity contribution in [1.82, 2.24) is 4.72 Å². The van der Waals surface area contributed by atoms with Gasteiger partial charge in [0.2, 0.25) is 15.9 Å².